The molecule has 0 spiro atoms. The minimum absolute atomic E-state index is 0.0826. The van der Waals surface area contributed by atoms with Crippen LogP contribution in [0.25, 0.3) is 27.5 Å². The van der Waals surface area contributed by atoms with Crippen LogP contribution in [0.5, 0.6) is 0 Å². The fraction of sp³-hybridized carbons (Fsp3) is 0.0625. The topological polar surface area (TPSA) is 52.7 Å². The Morgan fingerprint density at radius 1 is 1.09 bits per heavy atom. The monoisotopic (exact) mass is 354 g/mol. The van der Waals surface area contributed by atoms with Gasteiger partial charge in [0, 0.05) is 23.1 Å². The molecule has 0 aliphatic heterocycles. The van der Waals surface area contributed by atoms with E-state index >= 15 is 0 Å². The molecule has 0 N–H and O–H groups in total. The van der Waals surface area contributed by atoms with E-state index in [9.17, 15) is 4.79 Å². The Balaban J connectivity index is 1.97. The van der Waals surface area contributed by atoms with E-state index in [2.05, 4.69) is 26.0 Å². The number of hydrogen-bond donors (Lipinski definition) is 0. The fourth-order valence-corrected chi connectivity index (χ4v) is 2.91. The molecule has 108 valence electrons. The lowest BCUT2D eigenvalue weighted by Crippen LogP contribution is -2.18. The molecule has 0 amide bonds. The second-order valence-electron chi connectivity index (χ2n) is 5.13. The molecule has 2 aromatic carbocycles. The summed E-state index contributed by atoms with van der Waals surface area (Å²) in [5.74, 6) is 0. The highest BCUT2D eigenvalue weighted by Crippen LogP contribution is 2.18. The largest absolute Gasteiger partial charge is 0.275 e. The summed E-state index contributed by atoms with van der Waals surface area (Å²) in [6, 6.07) is 11.2. The fourth-order valence-electron chi connectivity index (χ4n) is 2.56. The SMILES string of the molecule is Cn1cc2cc(-n3cnc4cc(Br)ccc4c3=O)ccc2n1. The van der Waals surface area contributed by atoms with E-state index in [4.69, 9.17) is 0 Å². The maximum Gasteiger partial charge on any atom is 0.265 e. The van der Waals surface area contributed by atoms with E-state index in [1.807, 2.05) is 43.6 Å². The summed E-state index contributed by atoms with van der Waals surface area (Å²) in [6.45, 7) is 0. The summed E-state index contributed by atoms with van der Waals surface area (Å²) in [5.41, 5.74) is 2.28. The highest BCUT2D eigenvalue weighted by molar-refractivity contribution is 9.10. The highest BCUT2D eigenvalue weighted by atomic mass is 79.9. The molecule has 0 radical (unpaired) electrons. The van der Waals surface area contributed by atoms with Crippen molar-refractivity contribution < 1.29 is 0 Å². The zero-order valence-corrected chi connectivity index (χ0v) is 13.3. The first-order valence-electron chi connectivity index (χ1n) is 6.72. The van der Waals surface area contributed by atoms with Crippen molar-refractivity contribution in [3.05, 3.63) is 63.7 Å². The van der Waals surface area contributed by atoms with Crippen LogP contribution in [0.2, 0.25) is 0 Å². The Kier molecular flexibility index (Phi) is 2.87. The molecule has 2 aromatic heterocycles. The van der Waals surface area contributed by atoms with Gasteiger partial charge in [-0.15, -0.1) is 0 Å². The normalized spacial score (nSPS) is 11.4. The van der Waals surface area contributed by atoms with Crippen molar-refractivity contribution >= 4 is 37.7 Å². The Bertz CT molecular complexity index is 1080. The number of rotatable bonds is 1. The lowest BCUT2D eigenvalue weighted by atomic mass is 10.2. The minimum Gasteiger partial charge on any atom is -0.275 e. The molecule has 6 heteroatoms. The smallest absolute Gasteiger partial charge is 0.265 e. The van der Waals surface area contributed by atoms with Crippen LogP contribution in [0.3, 0.4) is 0 Å². The average molecular weight is 355 g/mol. The van der Waals surface area contributed by atoms with Crippen molar-refractivity contribution in [3.8, 4) is 5.69 Å². The molecule has 0 saturated heterocycles. The zero-order chi connectivity index (χ0) is 15.3. The van der Waals surface area contributed by atoms with Gasteiger partial charge in [0.25, 0.3) is 5.56 Å². The van der Waals surface area contributed by atoms with Gasteiger partial charge in [0.15, 0.2) is 0 Å². The van der Waals surface area contributed by atoms with Gasteiger partial charge in [-0.1, -0.05) is 15.9 Å². The molecule has 2 heterocycles. The van der Waals surface area contributed by atoms with Crippen LogP contribution in [0.4, 0.5) is 0 Å². The number of benzene rings is 2. The van der Waals surface area contributed by atoms with Gasteiger partial charge in [-0.3, -0.25) is 14.0 Å². The number of nitrogens with zero attached hydrogens (tertiary/aromatic N) is 4. The van der Waals surface area contributed by atoms with Crippen LogP contribution in [-0.2, 0) is 7.05 Å². The Morgan fingerprint density at radius 3 is 2.82 bits per heavy atom. The zero-order valence-electron chi connectivity index (χ0n) is 11.7. The second-order valence-corrected chi connectivity index (χ2v) is 6.04. The highest BCUT2D eigenvalue weighted by Gasteiger charge is 2.08. The van der Waals surface area contributed by atoms with Gasteiger partial charge in [-0.2, -0.15) is 5.10 Å². The van der Waals surface area contributed by atoms with Gasteiger partial charge < -0.3 is 0 Å². The van der Waals surface area contributed by atoms with E-state index in [1.54, 1.807) is 21.6 Å². The van der Waals surface area contributed by atoms with E-state index < -0.39 is 0 Å². The van der Waals surface area contributed by atoms with Gasteiger partial charge in [0.05, 0.1) is 22.1 Å². The molecule has 5 nitrogen and oxygen atoms in total. The van der Waals surface area contributed by atoms with Gasteiger partial charge >= 0.3 is 0 Å². The van der Waals surface area contributed by atoms with Gasteiger partial charge in [-0.05, 0) is 36.4 Å². The van der Waals surface area contributed by atoms with Crippen LogP contribution in [-0.4, -0.2) is 19.3 Å². The third kappa shape index (κ3) is 2.03. The summed E-state index contributed by atoms with van der Waals surface area (Å²) in [4.78, 5) is 17.0. The Hall–Kier alpha value is -2.47. The minimum atomic E-state index is -0.0826. The maximum absolute atomic E-state index is 12.7. The number of aromatic nitrogens is 4. The summed E-state index contributed by atoms with van der Waals surface area (Å²) < 4.78 is 4.22. The third-order valence-electron chi connectivity index (χ3n) is 3.60. The van der Waals surface area contributed by atoms with E-state index in [0.717, 1.165) is 21.1 Å². The van der Waals surface area contributed by atoms with E-state index in [-0.39, 0.29) is 5.56 Å². The van der Waals surface area contributed by atoms with Crippen molar-refractivity contribution in [2.24, 2.45) is 7.05 Å². The molecule has 0 aliphatic carbocycles. The van der Waals surface area contributed by atoms with Crippen LogP contribution in [0.1, 0.15) is 0 Å². The van der Waals surface area contributed by atoms with Crippen molar-refractivity contribution in [3.63, 3.8) is 0 Å². The second kappa shape index (κ2) is 4.78. The lowest BCUT2D eigenvalue weighted by Gasteiger charge is -2.06. The molecule has 0 bridgehead atoms. The van der Waals surface area contributed by atoms with Crippen molar-refractivity contribution in [1.82, 2.24) is 19.3 Å². The maximum atomic E-state index is 12.7. The first kappa shape index (κ1) is 13.2. The van der Waals surface area contributed by atoms with Gasteiger partial charge in [-0.25, -0.2) is 4.98 Å². The van der Waals surface area contributed by atoms with Crippen molar-refractivity contribution in [2.75, 3.05) is 0 Å². The molecule has 0 unspecified atom stereocenters. The first-order chi connectivity index (χ1) is 10.6. The molecule has 0 saturated carbocycles. The van der Waals surface area contributed by atoms with Crippen LogP contribution in [0, 0.1) is 0 Å². The molecular formula is C16H11BrN4O. The van der Waals surface area contributed by atoms with Gasteiger partial charge in [0.2, 0.25) is 0 Å². The Morgan fingerprint density at radius 2 is 1.95 bits per heavy atom. The number of aryl methyl sites for hydroxylation is 1. The van der Waals surface area contributed by atoms with E-state index in [1.165, 1.54) is 0 Å². The van der Waals surface area contributed by atoms with Gasteiger partial charge in [0.1, 0.15) is 6.33 Å². The molecular weight excluding hydrogens is 344 g/mol. The number of fused-ring (bicyclic) bond motifs is 2. The standard InChI is InChI=1S/C16H11BrN4O/c1-20-8-10-6-12(3-5-14(10)19-20)21-9-18-15-7-11(17)2-4-13(15)16(21)22/h2-9H,1H3. The summed E-state index contributed by atoms with van der Waals surface area (Å²) >= 11 is 3.39. The predicted octanol–water partition coefficient (Wildman–Crippen LogP) is 3.03. The summed E-state index contributed by atoms with van der Waals surface area (Å²) in [7, 11) is 1.88. The predicted molar refractivity (Wildman–Crippen MR) is 89.3 cm³/mol. The lowest BCUT2D eigenvalue weighted by molar-refractivity contribution is 0.780. The van der Waals surface area contributed by atoms with E-state index in [0.29, 0.717) is 10.9 Å². The summed E-state index contributed by atoms with van der Waals surface area (Å²) in [6.07, 6.45) is 3.49. The van der Waals surface area contributed by atoms with Crippen LogP contribution < -0.4 is 5.56 Å². The first-order valence-corrected chi connectivity index (χ1v) is 7.52. The molecule has 22 heavy (non-hydrogen) atoms. The summed E-state index contributed by atoms with van der Waals surface area (Å²) in [5, 5.41) is 5.92. The van der Waals surface area contributed by atoms with Crippen molar-refractivity contribution in [2.45, 2.75) is 0 Å². The van der Waals surface area contributed by atoms with Crippen molar-refractivity contribution in [1.29, 1.82) is 0 Å². The third-order valence-corrected chi connectivity index (χ3v) is 4.10. The number of halogens is 1. The number of hydrogen-bond acceptors (Lipinski definition) is 3. The molecule has 0 aliphatic rings. The average Bonchev–Trinajstić information content (AvgIpc) is 2.86. The molecule has 0 fully saturated rings. The molecule has 4 aromatic rings. The quantitative estimate of drug-likeness (QED) is 0.527. The Labute approximate surface area is 134 Å². The molecule has 0 atom stereocenters. The molecule has 4 rings (SSSR count). The van der Waals surface area contributed by atoms with Crippen LogP contribution >= 0.6 is 15.9 Å². The van der Waals surface area contributed by atoms with Crippen LogP contribution in [0.15, 0.2) is 58.2 Å².